The Balaban J connectivity index is 3.60. The highest BCUT2D eigenvalue weighted by Gasteiger charge is 2.15. The fourth-order valence-electron chi connectivity index (χ4n) is 0.373. The maximum absolute atomic E-state index is 11.1. The smallest absolute Gasteiger partial charge is 0.359 e. The Morgan fingerprint density at radius 1 is 1.55 bits per heavy atom. The van der Waals surface area contributed by atoms with E-state index >= 15 is 0 Å². The van der Waals surface area contributed by atoms with Crippen molar-refractivity contribution in [2.45, 2.75) is 20.0 Å². The summed E-state index contributed by atoms with van der Waals surface area (Å²) >= 11 is 0. The van der Waals surface area contributed by atoms with E-state index in [4.69, 9.17) is 0 Å². The molecule has 0 saturated heterocycles. The molecule has 0 bridgehead atoms. The summed E-state index contributed by atoms with van der Waals surface area (Å²) in [5.41, 5.74) is 0. The summed E-state index contributed by atoms with van der Waals surface area (Å²) in [4.78, 5) is 23.4. The number of halogens is 1. The largest absolute Gasteiger partial charge is 0.376 e. The lowest BCUT2D eigenvalue weighted by Gasteiger charge is -2.05. The quantitative estimate of drug-likeness (QED) is 0.603. The molecule has 0 aromatic carbocycles. The van der Waals surface area contributed by atoms with Crippen LogP contribution in [0.5, 0.6) is 0 Å². The molecule has 11 heavy (non-hydrogen) atoms. The van der Waals surface area contributed by atoms with Crippen molar-refractivity contribution < 1.29 is 23.8 Å². The maximum atomic E-state index is 11.1. The molecule has 0 heterocycles. The third-order valence-electron chi connectivity index (χ3n) is 0.945. The van der Waals surface area contributed by atoms with Crippen LogP contribution in [0.2, 0.25) is 0 Å². The fraction of sp³-hybridized carbons (Fsp3) is 0.667. The average molecular weight is 164 g/mol. The van der Waals surface area contributed by atoms with Crippen molar-refractivity contribution in [2.75, 3.05) is 6.61 Å². The molecule has 4 nitrogen and oxygen atoms in total. The van der Waals surface area contributed by atoms with Gasteiger partial charge in [0, 0.05) is 4.53 Å². The molecule has 1 atom stereocenters. The van der Waals surface area contributed by atoms with Gasteiger partial charge in [-0.05, 0) is 13.8 Å². The molecule has 1 unspecified atom stereocenters. The van der Waals surface area contributed by atoms with Gasteiger partial charge in [0.25, 0.3) is 0 Å². The Kier molecular flexibility index (Phi) is 4.36. The highest BCUT2D eigenvalue weighted by Crippen LogP contribution is 1.94. The average Bonchev–Trinajstić information content (AvgIpc) is 1.98. The Morgan fingerprint density at radius 3 is 2.45 bits per heavy atom. The van der Waals surface area contributed by atoms with E-state index in [1.165, 1.54) is 13.8 Å². The van der Waals surface area contributed by atoms with Gasteiger partial charge in [0.05, 0.1) is 0 Å². The minimum Gasteiger partial charge on any atom is -0.359 e. The van der Waals surface area contributed by atoms with Gasteiger partial charge >= 0.3 is 5.97 Å². The number of hydrogen-bond donors (Lipinski definition) is 0. The van der Waals surface area contributed by atoms with E-state index < -0.39 is 12.1 Å². The van der Waals surface area contributed by atoms with Crippen molar-refractivity contribution >= 4 is 11.8 Å². The molecular weight excluding hydrogens is 155 g/mol. The second-order valence-electron chi connectivity index (χ2n) is 2.05. The molecule has 5 heteroatoms. The van der Waals surface area contributed by atoms with E-state index in [0.717, 1.165) is 0 Å². The summed E-state index contributed by atoms with van der Waals surface area (Å²) in [6, 6.07) is 0. The summed E-state index contributed by atoms with van der Waals surface area (Å²) < 4.78 is 15.7. The predicted molar refractivity (Wildman–Crippen MR) is 33.3 cm³/mol. The Bertz CT molecular complexity index is 157. The zero-order chi connectivity index (χ0) is 8.85. The molecule has 0 saturated carbocycles. The van der Waals surface area contributed by atoms with Gasteiger partial charge in [0.1, 0.15) is 6.61 Å². The third kappa shape index (κ3) is 4.44. The second-order valence-corrected chi connectivity index (χ2v) is 2.05. The summed E-state index contributed by atoms with van der Waals surface area (Å²) in [7, 11) is 0. The number of ether oxygens (including phenoxy) is 1. The van der Waals surface area contributed by atoms with E-state index in [1.54, 1.807) is 0 Å². The van der Waals surface area contributed by atoms with E-state index in [1.807, 2.05) is 0 Å². The number of hydrogen-bond acceptors (Lipinski definition) is 4. The lowest BCUT2D eigenvalue weighted by atomic mass is 10.4. The Hall–Kier alpha value is -0.970. The summed E-state index contributed by atoms with van der Waals surface area (Å²) in [5, 5.41) is 0. The van der Waals surface area contributed by atoms with Crippen molar-refractivity contribution in [3.05, 3.63) is 0 Å². The molecule has 0 N–H and O–H groups in total. The van der Waals surface area contributed by atoms with Crippen LogP contribution in [0.15, 0.2) is 0 Å². The molecule has 0 aliphatic rings. The van der Waals surface area contributed by atoms with Crippen LogP contribution in [0.4, 0.5) is 4.53 Å². The highest BCUT2D eigenvalue weighted by molar-refractivity contribution is 5.78. The minimum atomic E-state index is -1.13. The first-order valence-corrected chi connectivity index (χ1v) is 3.01. The lowest BCUT2D eigenvalue weighted by molar-refractivity contribution is -0.195. The van der Waals surface area contributed by atoms with Crippen LogP contribution in [-0.4, -0.2) is 24.5 Å². The Labute approximate surface area is 63.2 Å². The zero-order valence-corrected chi connectivity index (χ0v) is 6.30. The van der Waals surface area contributed by atoms with E-state index in [-0.39, 0.29) is 12.4 Å². The first-order chi connectivity index (χ1) is 5.07. The van der Waals surface area contributed by atoms with E-state index in [0.29, 0.717) is 0 Å². The molecular formula is C6H9FO4. The predicted octanol–water partition coefficient (Wildman–Crippen LogP) is 0.408. The van der Waals surface area contributed by atoms with Gasteiger partial charge in [0.15, 0.2) is 11.9 Å². The minimum absolute atomic E-state index is 0.212. The van der Waals surface area contributed by atoms with Gasteiger partial charge in [-0.3, -0.25) is 9.74 Å². The van der Waals surface area contributed by atoms with E-state index in [9.17, 15) is 14.1 Å². The van der Waals surface area contributed by atoms with Crippen LogP contribution in [-0.2, 0) is 19.3 Å². The van der Waals surface area contributed by atoms with Crippen molar-refractivity contribution in [2.24, 2.45) is 0 Å². The maximum Gasteiger partial charge on any atom is 0.376 e. The van der Waals surface area contributed by atoms with Gasteiger partial charge in [-0.25, -0.2) is 4.79 Å². The molecule has 0 aliphatic carbocycles. The molecule has 0 amide bonds. The van der Waals surface area contributed by atoms with Crippen LogP contribution in [0.25, 0.3) is 0 Å². The number of ketones is 1. The lowest BCUT2D eigenvalue weighted by Crippen LogP contribution is -2.23. The monoisotopic (exact) mass is 164 g/mol. The van der Waals surface area contributed by atoms with Crippen LogP contribution in [0, 0.1) is 0 Å². The van der Waals surface area contributed by atoms with Gasteiger partial charge in [0.2, 0.25) is 0 Å². The summed E-state index contributed by atoms with van der Waals surface area (Å²) in [6.45, 7) is 2.38. The first-order valence-electron chi connectivity index (χ1n) is 3.01. The Morgan fingerprint density at radius 2 is 2.09 bits per heavy atom. The topological polar surface area (TPSA) is 52.6 Å². The van der Waals surface area contributed by atoms with Crippen LogP contribution in [0.1, 0.15) is 13.8 Å². The van der Waals surface area contributed by atoms with Gasteiger partial charge < -0.3 is 4.74 Å². The number of carbonyl (C=O) groups excluding carboxylic acids is 2. The van der Waals surface area contributed by atoms with E-state index in [2.05, 4.69) is 9.68 Å². The second kappa shape index (κ2) is 4.79. The third-order valence-corrected chi connectivity index (χ3v) is 0.945. The molecule has 0 rings (SSSR count). The van der Waals surface area contributed by atoms with Gasteiger partial charge in [-0.15, -0.1) is 0 Å². The van der Waals surface area contributed by atoms with Crippen molar-refractivity contribution in [1.29, 1.82) is 0 Å². The summed E-state index contributed by atoms with van der Waals surface area (Å²) in [5.74, 6) is -1.37. The fourth-order valence-corrected chi connectivity index (χ4v) is 0.373. The first kappa shape index (κ1) is 10.0. The van der Waals surface area contributed by atoms with Crippen LogP contribution >= 0.6 is 0 Å². The van der Waals surface area contributed by atoms with Crippen molar-refractivity contribution in [3.8, 4) is 0 Å². The summed E-state index contributed by atoms with van der Waals surface area (Å²) in [6.07, 6.45) is -1.04. The molecule has 64 valence electrons. The number of Topliss-reactive ketones (excluding diaryl/α,β-unsaturated/α-hetero) is 1. The molecule has 0 aliphatic heterocycles. The molecule has 0 radical (unpaired) electrons. The van der Waals surface area contributed by atoms with Crippen LogP contribution in [0.3, 0.4) is 0 Å². The molecule has 0 aromatic rings. The van der Waals surface area contributed by atoms with Gasteiger partial charge in [-0.1, -0.05) is 0 Å². The SMILES string of the molecule is CC(=O)COC(C)C(=O)OF. The van der Waals surface area contributed by atoms with Gasteiger partial charge in [-0.2, -0.15) is 0 Å². The normalized spacial score (nSPS) is 12.3. The highest BCUT2D eigenvalue weighted by atomic mass is 19.3. The molecule has 0 fully saturated rings. The van der Waals surface area contributed by atoms with Crippen LogP contribution < -0.4 is 0 Å². The zero-order valence-electron chi connectivity index (χ0n) is 6.30. The number of rotatable bonds is 4. The standard InChI is InChI=1S/C6H9FO4/c1-4(8)3-10-5(2)6(9)11-7/h5H,3H2,1-2H3. The van der Waals surface area contributed by atoms with Crippen molar-refractivity contribution in [1.82, 2.24) is 0 Å². The number of carbonyl (C=O) groups is 2. The molecule has 0 spiro atoms. The molecule has 0 aromatic heterocycles. The van der Waals surface area contributed by atoms with Crippen molar-refractivity contribution in [3.63, 3.8) is 0 Å².